The number of nitrogens with zero attached hydrogens (tertiary/aromatic N) is 2. The van der Waals surface area contributed by atoms with Crippen molar-refractivity contribution >= 4 is 22.9 Å². The van der Waals surface area contributed by atoms with Gasteiger partial charge >= 0.3 is 0 Å². The van der Waals surface area contributed by atoms with Crippen LogP contribution in [0.15, 0.2) is 35.2 Å². The summed E-state index contributed by atoms with van der Waals surface area (Å²) < 4.78 is 10.6. The Morgan fingerprint density at radius 1 is 1.05 bits per heavy atom. The molecular weight excluding hydrogens is 286 g/mol. The monoisotopic (exact) mass is 301 g/mol. The predicted molar refractivity (Wildman–Crippen MR) is 84.2 cm³/mol. The zero-order valence-electron chi connectivity index (χ0n) is 12.0. The van der Waals surface area contributed by atoms with Crippen LogP contribution in [0.3, 0.4) is 0 Å². The summed E-state index contributed by atoms with van der Waals surface area (Å²) in [4.78, 5) is 13.2. The fraction of sp³-hybridized carbons (Fsp3) is 0.200. The van der Waals surface area contributed by atoms with Crippen molar-refractivity contribution in [1.29, 1.82) is 0 Å². The van der Waals surface area contributed by atoms with Gasteiger partial charge in [-0.05, 0) is 30.5 Å². The fourth-order valence-electron chi connectivity index (χ4n) is 2.11. The van der Waals surface area contributed by atoms with Crippen molar-refractivity contribution in [2.24, 2.45) is 0 Å². The molecule has 2 heterocycles. The number of thioether (sulfide) groups is 1. The SMILES string of the molecule is COc1ccc2[nH]c(-c3ccc(SC)cc3OC)nc2n1. The normalized spacial score (nSPS) is 10.8. The van der Waals surface area contributed by atoms with Gasteiger partial charge in [-0.3, -0.25) is 0 Å². The summed E-state index contributed by atoms with van der Waals surface area (Å²) in [5, 5.41) is 0. The minimum atomic E-state index is 0.547. The molecule has 0 aliphatic carbocycles. The third kappa shape index (κ3) is 2.54. The molecule has 0 fully saturated rings. The van der Waals surface area contributed by atoms with Gasteiger partial charge in [0.05, 0.1) is 25.3 Å². The molecule has 0 saturated heterocycles. The molecule has 0 aliphatic heterocycles. The van der Waals surface area contributed by atoms with Crippen molar-refractivity contribution in [2.45, 2.75) is 4.90 Å². The van der Waals surface area contributed by atoms with Gasteiger partial charge < -0.3 is 14.5 Å². The van der Waals surface area contributed by atoms with Gasteiger partial charge in [0.1, 0.15) is 11.6 Å². The van der Waals surface area contributed by atoms with E-state index < -0.39 is 0 Å². The van der Waals surface area contributed by atoms with Gasteiger partial charge in [-0.15, -0.1) is 11.8 Å². The largest absolute Gasteiger partial charge is 0.496 e. The number of rotatable bonds is 4. The highest BCUT2D eigenvalue weighted by Gasteiger charge is 2.12. The van der Waals surface area contributed by atoms with E-state index in [2.05, 4.69) is 15.0 Å². The zero-order chi connectivity index (χ0) is 14.8. The zero-order valence-corrected chi connectivity index (χ0v) is 12.8. The number of imidazole rings is 1. The van der Waals surface area contributed by atoms with Gasteiger partial charge in [0.15, 0.2) is 5.65 Å². The van der Waals surface area contributed by atoms with E-state index in [0.29, 0.717) is 11.5 Å². The number of fused-ring (bicyclic) bond motifs is 1. The first-order chi connectivity index (χ1) is 10.2. The van der Waals surface area contributed by atoms with Crippen LogP contribution in [0.5, 0.6) is 11.6 Å². The van der Waals surface area contributed by atoms with Crippen molar-refractivity contribution in [2.75, 3.05) is 20.5 Å². The Morgan fingerprint density at radius 2 is 1.90 bits per heavy atom. The van der Waals surface area contributed by atoms with E-state index in [1.54, 1.807) is 32.0 Å². The number of pyridine rings is 1. The highest BCUT2D eigenvalue weighted by molar-refractivity contribution is 7.98. The van der Waals surface area contributed by atoms with E-state index in [4.69, 9.17) is 9.47 Å². The van der Waals surface area contributed by atoms with Crippen LogP contribution < -0.4 is 9.47 Å². The lowest BCUT2D eigenvalue weighted by Gasteiger charge is -2.07. The van der Waals surface area contributed by atoms with Gasteiger partial charge in [-0.25, -0.2) is 4.98 Å². The second kappa shape index (κ2) is 5.65. The van der Waals surface area contributed by atoms with Crippen LogP contribution in [0.4, 0.5) is 0 Å². The predicted octanol–water partition coefficient (Wildman–Crippen LogP) is 3.36. The Kier molecular flexibility index (Phi) is 3.70. The first-order valence-electron chi connectivity index (χ1n) is 6.38. The molecular formula is C15H15N3O2S. The number of hydrogen-bond acceptors (Lipinski definition) is 5. The average Bonchev–Trinajstić information content (AvgIpc) is 2.96. The van der Waals surface area contributed by atoms with Crippen molar-refractivity contribution in [3.63, 3.8) is 0 Å². The summed E-state index contributed by atoms with van der Waals surface area (Å²) in [6.07, 6.45) is 2.03. The lowest BCUT2D eigenvalue weighted by molar-refractivity contribution is 0.399. The molecule has 1 aromatic carbocycles. The molecule has 5 nitrogen and oxygen atoms in total. The van der Waals surface area contributed by atoms with Crippen molar-refractivity contribution in [3.05, 3.63) is 30.3 Å². The lowest BCUT2D eigenvalue weighted by Crippen LogP contribution is -1.90. The number of H-pyrrole nitrogens is 1. The number of methoxy groups -OCH3 is 2. The van der Waals surface area contributed by atoms with E-state index in [1.807, 2.05) is 30.5 Å². The quantitative estimate of drug-likeness (QED) is 0.749. The van der Waals surface area contributed by atoms with Crippen molar-refractivity contribution in [1.82, 2.24) is 15.0 Å². The fourth-order valence-corrected chi connectivity index (χ4v) is 2.54. The molecule has 3 rings (SSSR count). The van der Waals surface area contributed by atoms with E-state index in [0.717, 1.165) is 27.5 Å². The van der Waals surface area contributed by atoms with Gasteiger partial charge in [0.2, 0.25) is 5.88 Å². The minimum Gasteiger partial charge on any atom is -0.496 e. The van der Waals surface area contributed by atoms with Crippen LogP contribution in [0.25, 0.3) is 22.6 Å². The minimum absolute atomic E-state index is 0.547. The summed E-state index contributed by atoms with van der Waals surface area (Å²) in [5.74, 6) is 2.06. The number of nitrogens with one attached hydrogen (secondary N) is 1. The van der Waals surface area contributed by atoms with E-state index >= 15 is 0 Å². The molecule has 0 aliphatic rings. The van der Waals surface area contributed by atoms with Crippen LogP contribution in [-0.2, 0) is 0 Å². The third-order valence-corrected chi connectivity index (χ3v) is 3.92. The van der Waals surface area contributed by atoms with Crippen LogP contribution in [0.2, 0.25) is 0 Å². The topological polar surface area (TPSA) is 60.0 Å². The molecule has 0 spiro atoms. The Labute approximate surface area is 126 Å². The first-order valence-corrected chi connectivity index (χ1v) is 7.61. The highest BCUT2D eigenvalue weighted by Crippen LogP contribution is 2.32. The Hall–Kier alpha value is -2.21. The van der Waals surface area contributed by atoms with E-state index in [-0.39, 0.29) is 0 Å². The standard InChI is InChI=1S/C15H15N3O2S/c1-19-12-8-9(21-3)4-5-10(12)14-16-11-6-7-13(20-2)17-15(11)18-14/h4-8H,1-3H3,(H,16,17,18). The molecule has 0 amide bonds. The van der Waals surface area contributed by atoms with Crippen LogP contribution in [0, 0.1) is 0 Å². The second-order valence-corrected chi connectivity index (χ2v) is 5.26. The van der Waals surface area contributed by atoms with Crippen molar-refractivity contribution in [3.8, 4) is 23.0 Å². The molecule has 108 valence electrons. The van der Waals surface area contributed by atoms with Crippen LogP contribution in [0.1, 0.15) is 0 Å². The molecule has 21 heavy (non-hydrogen) atoms. The van der Waals surface area contributed by atoms with Gasteiger partial charge in [0, 0.05) is 11.0 Å². The maximum absolute atomic E-state index is 5.46. The smallest absolute Gasteiger partial charge is 0.215 e. The summed E-state index contributed by atoms with van der Waals surface area (Å²) in [6, 6.07) is 9.75. The number of ether oxygens (including phenoxy) is 2. The van der Waals surface area contributed by atoms with Crippen LogP contribution in [-0.4, -0.2) is 35.4 Å². The Balaban J connectivity index is 2.11. The highest BCUT2D eigenvalue weighted by atomic mass is 32.2. The molecule has 6 heteroatoms. The van der Waals surface area contributed by atoms with Gasteiger partial charge in [0.25, 0.3) is 0 Å². The summed E-state index contributed by atoms with van der Waals surface area (Å²) in [6.45, 7) is 0. The molecule has 0 atom stereocenters. The van der Waals surface area contributed by atoms with Crippen LogP contribution >= 0.6 is 11.8 Å². The second-order valence-electron chi connectivity index (χ2n) is 4.38. The van der Waals surface area contributed by atoms with Gasteiger partial charge in [-0.2, -0.15) is 4.98 Å². The molecule has 0 saturated carbocycles. The molecule has 0 radical (unpaired) electrons. The molecule has 3 aromatic rings. The Bertz CT molecular complexity index is 786. The van der Waals surface area contributed by atoms with E-state index in [1.165, 1.54) is 0 Å². The maximum Gasteiger partial charge on any atom is 0.215 e. The molecule has 0 unspecified atom stereocenters. The summed E-state index contributed by atoms with van der Waals surface area (Å²) >= 11 is 1.67. The molecule has 2 aromatic heterocycles. The van der Waals surface area contributed by atoms with Gasteiger partial charge in [-0.1, -0.05) is 0 Å². The molecule has 0 bridgehead atoms. The lowest BCUT2D eigenvalue weighted by atomic mass is 10.2. The number of hydrogen-bond donors (Lipinski definition) is 1. The summed E-state index contributed by atoms with van der Waals surface area (Å²) in [5.41, 5.74) is 2.40. The third-order valence-electron chi connectivity index (χ3n) is 3.19. The maximum atomic E-state index is 5.46. The number of aromatic amines is 1. The summed E-state index contributed by atoms with van der Waals surface area (Å²) in [7, 11) is 3.25. The van der Waals surface area contributed by atoms with E-state index in [9.17, 15) is 0 Å². The first kappa shape index (κ1) is 13.8. The molecule has 1 N–H and O–H groups in total. The van der Waals surface area contributed by atoms with Crippen molar-refractivity contribution < 1.29 is 9.47 Å². The average molecular weight is 301 g/mol. The number of benzene rings is 1. The number of aromatic nitrogens is 3. The Morgan fingerprint density at radius 3 is 2.62 bits per heavy atom.